The van der Waals surface area contributed by atoms with E-state index in [2.05, 4.69) is 17.1 Å². The summed E-state index contributed by atoms with van der Waals surface area (Å²) in [7, 11) is 0. The SMILES string of the molecule is CCCNCCCCN1CCc2ccc(F)cc21. The van der Waals surface area contributed by atoms with Gasteiger partial charge >= 0.3 is 0 Å². The van der Waals surface area contributed by atoms with Crippen molar-refractivity contribution in [1.29, 1.82) is 0 Å². The van der Waals surface area contributed by atoms with Crippen LogP contribution in [-0.2, 0) is 6.42 Å². The lowest BCUT2D eigenvalue weighted by Gasteiger charge is -2.19. The molecule has 1 aromatic carbocycles. The topological polar surface area (TPSA) is 15.3 Å². The normalized spacial score (nSPS) is 14.0. The average Bonchev–Trinajstić information content (AvgIpc) is 2.76. The first-order valence-corrected chi connectivity index (χ1v) is 7.05. The fraction of sp³-hybridized carbons (Fsp3) is 0.600. The van der Waals surface area contributed by atoms with Gasteiger partial charge < -0.3 is 10.2 Å². The summed E-state index contributed by atoms with van der Waals surface area (Å²) in [5, 5.41) is 3.41. The van der Waals surface area contributed by atoms with Crippen LogP contribution in [0.4, 0.5) is 10.1 Å². The predicted molar refractivity (Wildman–Crippen MR) is 74.7 cm³/mol. The highest BCUT2D eigenvalue weighted by molar-refractivity contribution is 5.57. The molecule has 2 rings (SSSR count). The third-order valence-electron chi connectivity index (χ3n) is 3.50. The fourth-order valence-electron chi connectivity index (χ4n) is 2.51. The summed E-state index contributed by atoms with van der Waals surface area (Å²) in [5.41, 5.74) is 2.40. The maximum absolute atomic E-state index is 13.2. The lowest BCUT2D eigenvalue weighted by molar-refractivity contribution is 0.609. The van der Waals surface area contributed by atoms with E-state index >= 15 is 0 Å². The van der Waals surface area contributed by atoms with Gasteiger partial charge in [0.2, 0.25) is 0 Å². The van der Waals surface area contributed by atoms with E-state index in [4.69, 9.17) is 0 Å². The molecule has 0 bridgehead atoms. The first-order chi connectivity index (χ1) is 8.81. The van der Waals surface area contributed by atoms with Crippen LogP contribution in [0.1, 0.15) is 31.7 Å². The minimum atomic E-state index is -0.120. The molecule has 0 fully saturated rings. The first-order valence-electron chi connectivity index (χ1n) is 7.05. The average molecular weight is 250 g/mol. The minimum Gasteiger partial charge on any atom is -0.371 e. The Labute approximate surface area is 109 Å². The smallest absolute Gasteiger partial charge is 0.125 e. The molecule has 0 aromatic heterocycles. The lowest BCUT2D eigenvalue weighted by Crippen LogP contribution is -2.23. The van der Waals surface area contributed by atoms with Crippen molar-refractivity contribution in [3.63, 3.8) is 0 Å². The van der Waals surface area contributed by atoms with Gasteiger partial charge in [0.05, 0.1) is 0 Å². The molecule has 18 heavy (non-hydrogen) atoms. The van der Waals surface area contributed by atoms with Crippen LogP contribution in [0.15, 0.2) is 18.2 Å². The molecule has 0 aliphatic carbocycles. The van der Waals surface area contributed by atoms with Crippen LogP contribution in [0.2, 0.25) is 0 Å². The quantitative estimate of drug-likeness (QED) is 0.748. The molecule has 2 nitrogen and oxygen atoms in total. The van der Waals surface area contributed by atoms with Crippen LogP contribution in [-0.4, -0.2) is 26.2 Å². The number of hydrogen-bond donors (Lipinski definition) is 1. The Balaban J connectivity index is 1.74. The van der Waals surface area contributed by atoms with Gasteiger partial charge in [0.1, 0.15) is 5.82 Å². The van der Waals surface area contributed by atoms with Crippen LogP contribution < -0.4 is 10.2 Å². The molecule has 1 aliphatic heterocycles. The van der Waals surface area contributed by atoms with E-state index in [1.54, 1.807) is 12.1 Å². The van der Waals surface area contributed by atoms with Crippen molar-refractivity contribution < 1.29 is 4.39 Å². The molecule has 0 unspecified atom stereocenters. The maximum Gasteiger partial charge on any atom is 0.125 e. The molecular weight excluding hydrogens is 227 g/mol. The molecular formula is C15H23FN2. The van der Waals surface area contributed by atoms with Crippen LogP contribution >= 0.6 is 0 Å². The number of benzene rings is 1. The number of fused-ring (bicyclic) bond motifs is 1. The van der Waals surface area contributed by atoms with E-state index in [0.717, 1.165) is 38.3 Å². The summed E-state index contributed by atoms with van der Waals surface area (Å²) >= 11 is 0. The molecule has 0 spiro atoms. The minimum absolute atomic E-state index is 0.120. The highest BCUT2D eigenvalue weighted by Gasteiger charge is 2.18. The van der Waals surface area contributed by atoms with Gasteiger partial charge in [-0.15, -0.1) is 0 Å². The van der Waals surface area contributed by atoms with Crippen LogP contribution in [0.5, 0.6) is 0 Å². The molecule has 100 valence electrons. The Hall–Kier alpha value is -1.09. The van der Waals surface area contributed by atoms with Crippen molar-refractivity contribution >= 4 is 5.69 Å². The van der Waals surface area contributed by atoms with Gasteiger partial charge in [-0.1, -0.05) is 13.0 Å². The first kappa shape index (κ1) is 13.3. The zero-order valence-electron chi connectivity index (χ0n) is 11.2. The number of anilines is 1. The molecule has 1 heterocycles. The molecule has 0 atom stereocenters. The van der Waals surface area contributed by atoms with E-state index in [0.29, 0.717) is 0 Å². The second kappa shape index (κ2) is 6.74. The van der Waals surface area contributed by atoms with Crippen molar-refractivity contribution in [3.8, 4) is 0 Å². The molecule has 1 aliphatic rings. The lowest BCUT2D eigenvalue weighted by atomic mass is 10.1. The van der Waals surface area contributed by atoms with E-state index < -0.39 is 0 Å². The molecule has 0 amide bonds. The molecule has 0 saturated carbocycles. The van der Waals surface area contributed by atoms with Gasteiger partial charge in [-0.3, -0.25) is 0 Å². The van der Waals surface area contributed by atoms with E-state index in [9.17, 15) is 4.39 Å². The fourth-order valence-corrected chi connectivity index (χ4v) is 2.51. The third kappa shape index (κ3) is 3.45. The number of nitrogens with one attached hydrogen (secondary N) is 1. The molecule has 0 radical (unpaired) electrons. The van der Waals surface area contributed by atoms with Gasteiger partial charge in [-0.25, -0.2) is 4.39 Å². The highest BCUT2D eigenvalue weighted by Crippen LogP contribution is 2.28. The van der Waals surface area contributed by atoms with Crippen LogP contribution in [0.25, 0.3) is 0 Å². The largest absolute Gasteiger partial charge is 0.371 e. The van der Waals surface area contributed by atoms with Crippen molar-refractivity contribution in [2.45, 2.75) is 32.6 Å². The van der Waals surface area contributed by atoms with Crippen LogP contribution in [0, 0.1) is 5.82 Å². The standard InChI is InChI=1S/C15H23FN2/c1-2-8-17-9-3-4-10-18-11-7-13-5-6-14(16)12-15(13)18/h5-6,12,17H,2-4,7-11H2,1H3. The Bertz CT molecular complexity index is 379. The zero-order chi connectivity index (χ0) is 12.8. The number of hydrogen-bond acceptors (Lipinski definition) is 2. The molecule has 1 aromatic rings. The maximum atomic E-state index is 13.2. The summed E-state index contributed by atoms with van der Waals surface area (Å²) in [6.45, 7) is 6.48. The number of nitrogens with zero attached hydrogens (tertiary/aromatic N) is 1. The molecule has 3 heteroatoms. The van der Waals surface area contributed by atoms with Crippen molar-refractivity contribution in [2.75, 3.05) is 31.1 Å². The Morgan fingerprint density at radius 3 is 3.00 bits per heavy atom. The highest BCUT2D eigenvalue weighted by atomic mass is 19.1. The summed E-state index contributed by atoms with van der Waals surface area (Å²) in [6, 6.07) is 5.17. The summed E-state index contributed by atoms with van der Waals surface area (Å²) in [5.74, 6) is -0.120. The van der Waals surface area contributed by atoms with Crippen molar-refractivity contribution in [1.82, 2.24) is 5.32 Å². The van der Waals surface area contributed by atoms with Gasteiger partial charge in [0.25, 0.3) is 0 Å². The summed E-state index contributed by atoms with van der Waals surface area (Å²) < 4.78 is 13.2. The number of halogens is 1. The van der Waals surface area contributed by atoms with E-state index in [1.807, 2.05) is 6.07 Å². The Kier molecular flexibility index (Phi) is 5.00. The van der Waals surface area contributed by atoms with Gasteiger partial charge in [0, 0.05) is 18.8 Å². The molecule has 0 saturated heterocycles. The summed E-state index contributed by atoms with van der Waals surface area (Å²) in [4.78, 5) is 2.32. The van der Waals surface area contributed by atoms with Crippen molar-refractivity contribution in [2.24, 2.45) is 0 Å². The number of unbranched alkanes of at least 4 members (excludes halogenated alkanes) is 1. The third-order valence-corrected chi connectivity index (χ3v) is 3.50. The van der Waals surface area contributed by atoms with E-state index in [-0.39, 0.29) is 5.82 Å². The summed E-state index contributed by atoms with van der Waals surface area (Å²) in [6.07, 6.45) is 4.62. The second-order valence-corrected chi connectivity index (χ2v) is 4.97. The Morgan fingerprint density at radius 1 is 1.28 bits per heavy atom. The monoisotopic (exact) mass is 250 g/mol. The Morgan fingerprint density at radius 2 is 2.17 bits per heavy atom. The van der Waals surface area contributed by atoms with Crippen LogP contribution in [0.3, 0.4) is 0 Å². The van der Waals surface area contributed by atoms with Gasteiger partial charge in [0.15, 0.2) is 0 Å². The zero-order valence-corrected chi connectivity index (χ0v) is 11.2. The van der Waals surface area contributed by atoms with Gasteiger partial charge in [-0.2, -0.15) is 0 Å². The number of rotatable bonds is 7. The van der Waals surface area contributed by atoms with Crippen molar-refractivity contribution in [3.05, 3.63) is 29.6 Å². The second-order valence-electron chi connectivity index (χ2n) is 4.97. The van der Waals surface area contributed by atoms with E-state index in [1.165, 1.54) is 24.8 Å². The molecule has 1 N–H and O–H groups in total. The van der Waals surface area contributed by atoms with Gasteiger partial charge in [-0.05, 0) is 56.5 Å². The predicted octanol–water partition coefficient (Wildman–Crippen LogP) is 2.97.